The number of nitrogen functional groups attached to an aromatic ring is 1. The maximum absolute atomic E-state index is 10.5. The Morgan fingerprint density at radius 1 is 1.09 bits per heavy atom. The van der Waals surface area contributed by atoms with Crippen molar-refractivity contribution in [3.63, 3.8) is 0 Å². The van der Waals surface area contributed by atoms with E-state index in [1.165, 1.54) is 24.0 Å². The Kier molecular flexibility index (Phi) is 5.31. The fourth-order valence-electron chi connectivity index (χ4n) is 3.38. The van der Waals surface area contributed by atoms with E-state index < -0.39 is 6.10 Å². The van der Waals surface area contributed by atoms with Crippen molar-refractivity contribution in [2.75, 3.05) is 25.4 Å². The molecule has 0 saturated heterocycles. The molecule has 0 bridgehead atoms. The number of rotatable bonds is 5. The van der Waals surface area contributed by atoms with Crippen molar-refractivity contribution in [3.05, 3.63) is 65.2 Å². The van der Waals surface area contributed by atoms with Crippen LogP contribution in [0.2, 0.25) is 0 Å². The number of aryl methyl sites for hydroxylation is 1. The second-order valence-corrected chi connectivity index (χ2v) is 6.47. The van der Waals surface area contributed by atoms with Crippen molar-refractivity contribution in [1.29, 1.82) is 0 Å². The summed E-state index contributed by atoms with van der Waals surface area (Å²) in [5.74, 6) is 0. The van der Waals surface area contributed by atoms with E-state index in [2.05, 4.69) is 41.3 Å². The van der Waals surface area contributed by atoms with E-state index in [-0.39, 0.29) is 0 Å². The highest BCUT2D eigenvalue weighted by Crippen LogP contribution is 2.25. The number of fused-ring (bicyclic) bond motifs is 1. The predicted molar refractivity (Wildman–Crippen MR) is 95.3 cm³/mol. The molecule has 0 amide bonds. The number of benzene rings is 2. The minimum Gasteiger partial charge on any atom is -0.399 e. The van der Waals surface area contributed by atoms with Crippen molar-refractivity contribution in [2.24, 2.45) is 0 Å². The number of anilines is 1. The monoisotopic (exact) mass is 310 g/mol. The zero-order valence-corrected chi connectivity index (χ0v) is 13.6. The van der Waals surface area contributed by atoms with Gasteiger partial charge in [-0.05, 0) is 61.1 Å². The van der Waals surface area contributed by atoms with Crippen LogP contribution >= 0.6 is 0 Å². The molecule has 1 aliphatic rings. The molecule has 1 atom stereocenters. The molecule has 1 unspecified atom stereocenters. The lowest BCUT2D eigenvalue weighted by molar-refractivity contribution is 0.119. The highest BCUT2D eigenvalue weighted by Gasteiger charge is 2.21. The van der Waals surface area contributed by atoms with Gasteiger partial charge in [-0.3, -0.25) is 0 Å². The van der Waals surface area contributed by atoms with Crippen LogP contribution in [0.3, 0.4) is 0 Å². The van der Waals surface area contributed by atoms with E-state index in [0.29, 0.717) is 6.54 Å². The predicted octanol–water partition coefficient (Wildman–Crippen LogP) is 3.18. The van der Waals surface area contributed by atoms with Crippen LogP contribution in [-0.4, -0.2) is 29.6 Å². The molecule has 0 aromatic heterocycles. The van der Waals surface area contributed by atoms with Crippen LogP contribution in [0.5, 0.6) is 0 Å². The molecule has 3 heteroatoms. The first-order valence-electron chi connectivity index (χ1n) is 8.55. The van der Waals surface area contributed by atoms with Crippen molar-refractivity contribution in [2.45, 2.75) is 31.8 Å². The summed E-state index contributed by atoms with van der Waals surface area (Å²) in [6.45, 7) is 2.77. The lowest BCUT2D eigenvalue weighted by atomic mass is 10.0. The molecule has 0 fully saturated rings. The average Bonchev–Trinajstić information content (AvgIpc) is 2.72. The molecule has 0 saturated carbocycles. The summed E-state index contributed by atoms with van der Waals surface area (Å²) >= 11 is 0. The van der Waals surface area contributed by atoms with E-state index in [1.54, 1.807) is 0 Å². The Balaban J connectivity index is 1.49. The van der Waals surface area contributed by atoms with Gasteiger partial charge in [0.1, 0.15) is 0 Å². The molecule has 2 aromatic rings. The largest absolute Gasteiger partial charge is 0.399 e. The Morgan fingerprint density at radius 2 is 1.91 bits per heavy atom. The van der Waals surface area contributed by atoms with E-state index in [0.717, 1.165) is 37.2 Å². The molecule has 1 aliphatic heterocycles. The second kappa shape index (κ2) is 7.62. The summed E-state index contributed by atoms with van der Waals surface area (Å²) in [5, 5.41) is 10.5. The number of nitrogens with two attached hydrogens (primary N) is 1. The van der Waals surface area contributed by atoms with Crippen LogP contribution < -0.4 is 5.73 Å². The molecule has 3 rings (SSSR count). The van der Waals surface area contributed by atoms with Gasteiger partial charge in [0, 0.05) is 18.8 Å². The normalized spacial score (nSPS) is 18.4. The lowest BCUT2D eigenvalue weighted by Gasteiger charge is -2.22. The average molecular weight is 310 g/mol. The topological polar surface area (TPSA) is 49.5 Å². The first-order chi connectivity index (χ1) is 11.2. The molecule has 1 heterocycles. The van der Waals surface area contributed by atoms with Gasteiger partial charge >= 0.3 is 0 Å². The van der Waals surface area contributed by atoms with Gasteiger partial charge in [-0.15, -0.1) is 0 Å². The lowest BCUT2D eigenvalue weighted by Crippen LogP contribution is -2.29. The van der Waals surface area contributed by atoms with Crippen molar-refractivity contribution < 1.29 is 5.11 Å². The zero-order chi connectivity index (χ0) is 16.1. The summed E-state index contributed by atoms with van der Waals surface area (Å²) in [6, 6.07) is 16.6. The van der Waals surface area contributed by atoms with E-state index in [1.807, 2.05) is 12.1 Å². The number of hydrogen-bond donors (Lipinski definition) is 2. The Morgan fingerprint density at radius 3 is 2.74 bits per heavy atom. The number of hydrogen-bond acceptors (Lipinski definition) is 3. The van der Waals surface area contributed by atoms with Gasteiger partial charge in [-0.2, -0.15) is 0 Å². The first-order valence-corrected chi connectivity index (χ1v) is 8.55. The zero-order valence-electron chi connectivity index (χ0n) is 13.6. The number of nitrogens with zero attached hydrogens (tertiary/aromatic N) is 1. The van der Waals surface area contributed by atoms with Crippen LogP contribution in [-0.2, 0) is 12.8 Å². The van der Waals surface area contributed by atoms with Gasteiger partial charge in [-0.25, -0.2) is 0 Å². The highest BCUT2D eigenvalue weighted by molar-refractivity contribution is 5.46. The Bertz CT molecular complexity index is 627. The molecule has 3 nitrogen and oxygen atoms in total. The summed E-state index contributed by atoms with van der Waals surface area (Å²) in [5.41, 5.74) is 10.2. The first kappa shape index (κ1) is 16.0. The molecular weight excluding hydrogens is 284 g/mol. The van der Waals surface area contributed by atoms with E-state index >= 15 is 0 Å². The van der Waals surface area contributed by atoms with E-state index in [9.17, 15) is 5.11 Å². The summed E-state index contributed by atoms with van der Waals surface area (Å²) < 4.78 is 0. The number of aliphatic hydroxyl groups is 1. The van der Waals surface area contributed by atoms with Crippen LogP contribution in [0.4, 0.5) is 5.69 Å². The Labute approximate surface area is 138 Å². The fourth-order valence-corrected chi connectivity index (χ4v) is 3.38. The molecular formula is C20H26N2O. The Hall–Kier alpha value is -1.84. The number of unbranched alkanes of at least 4 members (excludes halogenated alkanes) is 1. The number of aliphatic hydroxyl groups excluding tert-OH is 1. The van der Waals surface area contributed by atoms with E-state index in [4.69, 9.17) is 5.73 Å². The fraction of sp³-hybridized carbons (Fsp3) is 0.400. The quantitative estimate of drug-likeness (QED) is 0.659. The van der Waals surface area contributed by atoms with Gasteiger partial charge < -0.3 is 15.7 Å². The maximum atomic E-state index is 10.5. The van der Waals surface area contributed by atoms with Crippen molar-refractivity contribution in [3.8, 4) is 0 Å². The van der Waals surface area contributed by atoms with Crippen molar-refractivity contribution >= 4 is 5.69 Å². The third-order valence-corrected chi connectivity index (χ3v) is 4.69. The minimum absolute atomic E-state index is 0.426. The third-order valence-electron chi connectivity index (χ3n) is 4.69. The maximum Gasteiger partial charge on any atom is 0.0920 e. The summed E-state index contributed by atoms with van der Waals surface area (Å²) in [7, 11) is 0. The standard InChI is InChI=1S/C20H26N2O/c21-18-10-9-17-11-13-22(15-20(23)19(17)14-18)12-5-4-8-16-6-2-1-3-7-16/h1-3,6-7,9-10,14,20,23H,4-5,8,11-13,15,21H2. The van der Waals surface area contributed by atoms with Gasteiger partial charge in [0.2, 0.25) is 0 Å². The van der Waals surface area contributed by atoms with Gasteiger partial charge in [0.25, 0.3) is 0 Å². The summed E-state index contributed by atoms with van der Waals surface area (Å²) in [4.78, 5) is 2.38. The molecule has 3 N–H and O–H groups in total. The number of β-amino-alcohol motifs (C(OH)–C–C–N with tert-alkyl or cyclic N) is 1. The van der Waals surface area contributed by atoms with Gasteiger partial charge in [-0.1, -0.05) is 36.4 Å². The minimum atomic E-state index is -0.426. The molecule has 23 heavy (non-hydrogen) atoms. The van der Waals surface area contributed by atoms with Crippen molar-refractivity contribution in [1.82, 2.24) is 4.90 Å². The van der Waals surface area contributed by atoms with Gasteiger partial charge in [0.15, 0.2) is 0 Å². The molecule has 0 spiro atoms. The van der Waals surface area contributed by atoms with Crippen LogP contribution in [0, 0.1) is 0 Å². The van der Waals surface area contributed by atoms with Crippen LogP contribution in [0.1, 0.15) is 35.6 Å². The van der Waals surface area contributed by atoms with Crippen LogP contribution in [0.25, 0.3) is 0 Å². The molecule has 0 radical (unpaired) electrons. The van der Waals surface area contributed by atoms with Crippen LogP contribution in [0.15, 0.2) is 48.5 Å². The third kappa shape index (κ3) is 4.34. The molecule has 0 aliphatic carbocycles. The van der Waals surface area contributed by atoms with Gasteiger partial charge in [0.05, 0.1) is 6.10 Å². The molecule has 122 valence electrons. The highest BCUT2D eigenvalue weighted by atomic mass is 16.3. The SMILES string of the molecule is Nc1ccc2c(c1)C(O)CN(CCCCc1ccccc1)CC2. The summed E-state index contributed by atoms with van der Waals surface area (Å²) in [6.07, 6.45) is 4.06. The molecule has 2 aromatic carbocycles. The second-order valence-electron chi connectivity index (χ2n) is 6.47. The smallest absolute Gasteiger partial charge is 0.0920 e.